The first-order chi connectivity index (χ1) is 11.7. The van der Waals surface area contributed by atoms with Crippen LogP contribution in [0.15, 0.2) is 24.3 Å². The van der Waals surface area contributed by atoms with Crippen molar-refractivity contribution in [2.75, 3.05) is 11.0 Å². The van der Waals surface area contributed by atoms with Crippen molar-refractivity contribution in [2.24, 2.45) is 5.92 Å². The fourth-order valence-corrected chi connectivity index (χ4v) is 3.65. The zero-order valence-corrected chi connectivity index (χ0v) is 15.5. The summed E-state index contributed by atoms with van der Waals surface area (Å²) >= 11 is 0. The summed E-state index contributed by atoms with van der Waals surface area (Å²) in [7, 11) is -3.36. The highest BCUT2D eigenvalue weighted by Crippen LogP contribution is 2.28. The van der Waals surface area contributed by atoms with Crippen LogP contribution in [-0.2, 0) is 19.6 Å². The summed E-state index contributed by atoms with van der Waals surface area (Å²) in [6.07, 6.45) is 6.19. The lowest BCUT2D eigenvalue weighted by Crippen LogP contribution is -2.24. The number of hydrogen-bond acceptors (Lipinski definition) is 5. The number of sulfonamides is 1. The molecule has 1 aromatic rings. The predicted molar refractivity (Wildman–Crippen MR) is 96.0 cm³/mol. The Morgan fingerprint density at radius 3 is 2.36 bits per heavy atom. The molecule has 0 spiro atoms. The zero-order valence-electron chi connectivity index (χ0n) is 14.7. The average molecular weight is 367 g/mol. The maximum atomic E-state index is 12.3. The number of anilines is 1. The Balaban J connectivity index is 1.85. The first-order valence-electron chi connectivity index (χ1n) is 8.56. The molecule has 0 heterocycles. The number of rotatable bonds is 8. The van der Waals surface area contributed by atoms with Gasteiger partial charge in [0.25, 0.3) is 0 Å². The van der Waals surface area contributed by atoms with Gasteiger partial charge in [-0.05, 0) is 43.5 Å². The minimum absolute atomic E-state index is 0.305. The largest absolute Gasteiger partial charge is 0.454 e. The molecule has 0 radical (unpaired) electrons. The van der Waals surface area contributed by atoms with E-state index in [1.165, 1.54) is 49.9 Å². The number of Topliss-reactive ketones (excluding diaryl/α,β-unsaturated/α-hetero) is 1. The van der Waals surface area contributed by atoms with E-state index < -0.39 is 16.1 Å². The van der Waals surface area contributed by atoms with Crippen molar-refractivity contribution < 1.29 is 22.7 Å². The number of carbonyl (C=O) groups is 2. The van der Waals surface area contributed by atoms with Crippen LogP contribution in [0, 0.1) is 5.92 Å². The Morgan fingerprint density at radius 1 is 1.20 bits per heavy atom. The van der Waals surface area contributed by atoms with Gasteiger partial charge >= 0.3 is 5.97 Å². The van der Waals surface area contributed by atoms with Crippen molar-refractivity contribution in [3.8, 4) is 0 Å². The molecular formula is C18H25NO5S. The van der Waals surface area contributed by atoms with E-state index in [9.17, 15) is 18.0 Å². The Bertz CT molecular complexity index is 705. The third-order valence-electron chi connectivity index (χ3n) is 4.38. The van der Waals surface area contributed by atoms with E-state index in [4.69, 9.17) is 4.74 Å². The lowest BCUT2D eigenvalue weighted by Gasteiger charge is -2.14. The number of ether oxygens (including phenoxy) is 1. The topological polar surface area (TPSA) is 89.5 Å². The summed E-state index contributed by atoms with van der Waals surface area (Å²) in [5.74, 6) is -0.0447. The van der Waals surface area contributed by atoms with Gasteiger partial charge in [0.05, 0.1) is 6.26 Å². The van der Waals surface area contributed by atoms with Crippen molar-refractivity contribution >= 4 is 27.5 Å². The number of esters is 1. The summed E-state index contributed by atoms with van der Waals surface area (Å²) in [6.45, 7) is 1.55. The van der Waals surface area contributed by atoms with Crippen LogP contribution in [0.25, 0.3) is 0 Å². The molecule has 1 aliphatic carbocycles. The minimum Gasteiger partial charge on any atom is -0.454 e. The number of ketones is 1. The van der Waals surface area contributed by atoms with Gasteiger partial charge in [-0.15, -0.1) is 0 Å². The van der Waals surface area contributed by atoms with Crippen LogP contribution in [0.3, 0.4) is 0 Å². The minimum atomic E-state index is -3.36. The van der Waals surface area contributed by atoms with Crippen LogP contribution in [0.4, 0.5) is 5.69 Å². The molecule has 7 heteroatoms. The molecule has 0 aromatic heterocycles. The summed E-state index contributed by atoms with van der Waals surface area (Å²) in [5.41, 5.74) is 0.746. The zero-order chi connectivity index (χ0) is 18.4. The second kappa shape index (κ2) is 8.47. The molecule has 0 unspecified atom stereocenters. The van der Waals surface area contributed by atoms with Crippen molar-refractivity contribution in [3.63, 3.8) is 0 Å². The molecule has 6 nitrogen and oxygen atoms in total. The summed E-state index contributed by atoms with van der Waals surface area (Å²) < 4.78 is 29.9. The lowest BCUT2D eigenvalue weighted by atomic mass is 10.0. The van der Waals surface area contributed by atoms with Gasteiger partial charge in [0, 0.05) is 17.7 Å². The van der Waals surface area contributed by atoms with Gasteiger partial charge in [-0.25, -0.2) is 8.42 Å². The number of hydrogen-bond donors (Lipinski definition) is 1. The van der Waals surface area contributed by atoms with E-state index in [-0.39, 0.29) is 11.8 Å². The standard InChI is InChI=1S/C18H25NO5S/c1-13(24-17(20)12-7-14-5-3-4-6-14)18(21)15-8-10-16(11-9-15)19-25(2,22)23/h8-11,13-14,19H,3-7,12H2,1-2H3/t13-/m1/s1. The van der Waals surface area contributed by atoms with Crippen LogP contribution < -0.4 is 4.72 Å². The molecule has 0 saturated heterocycles. The van der Waals surface area contributed by atoms with Crippen LogP contribution >= 0.6 is 0 Å². The molecule has 2 rings (SSSR count). The van der Waals surface area contributed by atoms with Crippen molar-refractivity contribution in [2.45, 2.75) is 51.6 Å². The Hall–Kier alpha value is -1.89. The highest BCUT2D eigenvalue weighted by molar-refractivity contribution is 7.92. The summed E-state index contributed by atoms with van der Waals surface area (Å²) in [6, 6.07) is 6.03. The monoisotopic (exact) mass is 367 g/mol. The highest BCUT2D eigenvalue weighted by atomic mass is 32.2. The van der Waals surface area contributed by atoms with Crippen LogP contribution in [0.1, 0.15) is 55.8 Å². The molecule has 25 heavy (non-hydrogen) atoms. The molecular weight excluding hydrogens is 342 g/mol. The van der Waals surface area contributed by atoms with E-state index in [0.29, 0.717) is 23.6 Å². The second-order valence-corrected chi connectivity index (χ2v) is 8.39. The number of carbonyl (C=O) groups excluding carboxylic acids is 2. The maximum absolute atomic E-state index is 12.3. The second-order valence-electron chi connectivity index (χ2n) is 6.64. The molecule has 1 aliphatic rings. The van der Waals surface area contributed by atoms with Crippen molar-refractivity contribution in [3.05, 3.63) is 29.8 Å². The third-order valence-corrected chi connectivity index (χ3v) is 4.99. The first kappa shape index (κ1) is 19.4. The van der Waals surface area contributed by atoms with E-state index in [2.05, 4.69) is 4.72 Å². The number of nitrogens with one attached hydrogen (secondary N) is 1. The van der Waals surface area contributed by atoms with Crippen LogP contribution in [-0.4, -0.2) is 32.5 Å². The summed E-state index contributed by atoms with van der Waals surface area (Å²) in [5, 5.41) is 0. The normalized spacial score (nSPS) is 16.4. The molecule has 1 aromatic carbocycles. The SMILES string of the molecule is C[C@@H](OC(=O)CCC1CCCC1)C(=O)c1ccc(NS(C)(=O)=O)cc1. The van der Waals surface area contributed by atoms with Gasteiger partial charge in [-0.1, -0.05) is 25.7 Å². The highest BCUT2D eigenvalue weighted by Gasteiger charge is 2.21. The third kappa shape index (κ3) is 6.49. The van der Waals surface area contributed by atoms with Gasteiger partial charge < -0.3 is 4.74 Å². The average Bonchev–Trinajstić information content (AvgIpc) is 3.05. The van der Waals surface area contributed by atoms with Crippen molar-refractivity contribution in [1.29, 1.82) is 0 Å². The fraction of sp³-hybridized carbons (Fsp3) is 0.556. The molecule has 1 N–H and O–H groups in total. The van der Waals surface area contributed by atoms with Gasteiger partial charge in [0.15, 0.2) is 6.10 Å². The van der Waals surface area contributed by atoms with E-state index in [0.717, 1.165) is 12.7 Å². The van der Waals surface area contributed by atoms with Crippen LogP contribution in [0.2, 0.25) is 0 Å². The Morgan fingerprint density at radius 2 is 1.80 bits per heavy atom. The predicted octanol–water partition coefficient (Wildman–Crippen LogP) is 3.14. The fourth-order valence-electron chi connectivity index (χ4n) is 3.08. The Kier molecular flexibility index (Phi) is 6.58. The van der Waals surface area contributed by atoms with Gasteiger partial charge in [0.1, 0.15) is 0 Å². The van der Waals surface area contributed by atoms with E-state index in [1.807, 2.05) is 0 Å². The molecule has 1 saturated carbocycles. The first-order valence-corrected chi connectivity index (χ1v) is 10.5. The van der Waals surface area contributed by atoms with Gasteiger partial charge in [-0.3, -0.25) is 14.3 Å². The van der Waals surface area contributed by atoms with E-state index in [1.54, 1.807) is 6.92 Å². The number of benzene rings is 1. The maximum Gasteiger partial charge on any atom is 0.306 e. The quantitative estimate of drug-likeness (QED) is 0.563. The summed E-state index contributed by atoms with van der Waals surface area (Å²) in [4.78, 5) is 24.2. The van der Waals surface area contributed by atoms with Gasteiger partial charge in [-0.2, -0.15) is 0 Å². The lowest BCUT2D eigenvalue weighted by molar-refractivity contribution is -0.146. The van der Waals surface area contributed by atoms with Crippen molar-refractivity contribution in [1.82, 2.24) is 0 Å². The van der Waals surface area contributed by atoms with E-state index >= 15 is 0 Å². The smallest absolute Gasteiger partial charge is 0.306 e. The molecule has 0 bridgehead atoms. The molecule has 1 atom stereocenters. The molecule has 1 fully saturated rings. The molecule has 0 aliphatic heterocycles. The van der Waals surface area contributed by atoms with Crippen LogP contribution in [0.5, 0.6) is 0 Å². The molecule has 0 amide bonds. The van der Waals surface area contributed by atoms with Gasteiger partial charge in [0.2, 0.25) is 15.8 Å². The Labute approximate surface area is 149 Å². The molecule has 138 valence electrons.